The van der Waals surface area contributed by atoms with Crippen LogP contribution in [0.2, 0.25) is 0 Å². The monoisotopic (exact) mass is 499 g/mol. The molecular weight excluding hydrogens is 466 g/mol. The molecular formula is C29H33N5OS. The standard InChI is InChI=1S/C29H33N5OS/c1-21-15-17-24(18-16-21)34-26(32-33-28(34)36-20-23-13-9-6-10-14-23)25(19-22-11-7-5-8-12-22)30-27(35)31-29(2,3)4/h5-18,25H,19-20H2,1-4H3,(H2,30,31,35). The Labute approximate surface area is 217 Å². The normalized spacial score (nSPS) is 12.2. The SMILES string of the molecule is Cc1ccc(-n2c(SCc3ccccc3)nnc2C(Cc2ccccc2)NC(=O)NC(C)(C)C)cc1. The van der Waals surface area contributed by atoms with E-state index in [9.17, 15) is 4.79 Å². The first-order chi connectivity index (χ1) is 17.3. The summed E-state index contributed by atoms with van der Waals surface area (Å²) in [5.41, 5.74) is 4.10. The Morgan fingerprint density at radius 2 is 1.50 bits per heavy atom. The molecule has 4 rings (SSSR count). The molecule has 0 spiro atoms. The number of thioether (sulfide) groups is 1. The molecule has 0 aliphatic carbocycles. The number of urea groups is 1. The number of hydrogen-bond donors (Lipinski definition) is 2. The van der Waals surface area contributed by atoms with Crippen LogP contribution < -0.4 is 10.6 Å². The number of carbonyl (C=O) groups is 1. The van der Waals surface area contributed by atoms with E-state index < -0.39 is 0 Å². The fraction of sp³-hybridized carbons (Fsp3) is 0.276. The second-order valence-corrected chi connectivity index (χ2v) is 10.8. The van der Waals surface area contributed by atoms with E-state index in [2.05, 4.69) is 80.9 Å². The van der Waals surface area contributed by atoms with Gasteiger partial charge in [-0.2, -0.15) is 0 Å². The predicted octanol–water partition coefficient (Wildman–Crippen LogP) is 6.25. The van der Waals surface area contributed by atoms with Crippen LogP contribution in [-0.2, 0) is 12.2 Å². The lowest BCUT2D eigenvalue weighted by Gasteiger charge is -2.25. The number of nitrogens with zero attached hydrogens (tertiary/aromatic N) is 3. The van der Waals surface area contributed by atoms with Crippen LogP contribution in [0.15, 0.2) is 90.1 Å². The Bertz CT molecular complexity index is 1260. The molecule has 0 fully saturated rings. The van der Waals surface area contributed by atoms with Crippen molar-refractivity contribution in [2.75, 3.05) is 0 Å². The zero-order chi connectivity index (χ0) is 25.5. The van der Waals surface area contributed by atoms with Crippen molar-refractivity contribution in [3.05, 3.63) is 107 Å². The maximum Gasteiger partial charge on any atom is 0.315 e. The van der Waals surface area contributed by atoms with Crippen molar-refractivity contribution in [1.29, 1.82) is 0 Å². The lowest BCUT2D eigenvalue weighted by molar-refractivity contribution is 0.227. The number of aryl methyl sites for hydroxylation is 1. The minimum Gasteiger partial charge on any atom is -0.334 e. The lowest BCUT2D eigenvalue weighted by atomic mass is 10.0. The van der Waals surface area contributed by atoms with Gasteiger partial charge in [0.25, 0.3) is 0 Å². The van der Waals surface area contributed by atoms with Crippen molar-refractivity contribution < 1.29 is 4.79 Å². The average molecular weight is 500 g/mol. The largest absolute Gasteiger partial charge is 0.334 e. The number of aromatic nitrogens is 3. The van der Waals surface area contributed by atoms with Crippen molar-refractivity contribution in [2.24, 2.45) is 0 Å². The molecule has 2 amide bonds. The zero-order valence-electron chi connectivity index (χ0n) is 21.2. The smallest absolute Gasteiger partial charge is 0.315 e. The van der Waals surface area contributed by atoms with Crippen molar-refractivity contribution >= 4 is 17.8 Å². The van der Waals surface area contributed by atoms with E-state index in [1.54, 1.807) is 11.8 Å². The Hall–Kier alpha value is -3.58. The zero-order valence-corrected chi connectivity index (χ0v) is 22.0. The van der Waals surface area contributed by atoms with Crippen molar-refractivity contribution in [1.82, 2.24) is 25.4 Å². The van der Waals surface area contributed by atoms with Crippen LogP contribution in [0.4, 0.5) is 4.79 Å². The van der Waals surface area contributed by atoms with Crippen molar-refractivity contribution in [2.45, 2.75) is 56.6 Å². The molecule has 1 heterocycles. The minimum atomic E-state index is -0.380. The predicted molar refractivity (Wildman–Crippen MR) is 146 cm³/mol. The molecule has 186 valence electrons. The van der Waals surface area contributed by atoms with Gasteiger partial charge in [-0.1, -0.05) is 90.1 Å². The van der Waals surface area contributed by atoms with Gasteiger partial charge in [-0.05, 0) is 51.0 Å². The molecule has 1 atom stereocenters. The molecule has 1 aromatic heterocycles. The molecule has 0 saturated heterocycles. The average Bonchev–Trinajstić information content (AvgIpc) is 3.27. The van der Waals surface area contributed by atoms with Gasteiger partial charge in [-0.25, -0.2) is 4.79 Å². The van der Waals surface area contributed by atoms with Gasteiger partial charge in [0.2, 0.25) is 0 Å². The molecule has 36 heavy (non-hydrogen) atoms. The number of rotatable bonds is 8. The summed E-state index contributed by atoms with van der Waals surface area (Å²) in [7, 11) is 0. The molecule has 2 N–H and O–H groups in total. The van der Waals surface area contributed by atoms with Gasteiger partial charge in [-0.3, -0.25) is 4.57 Å². The topological polar surface area (TPSA) is 71.8 Å². The number of hydrogen-bond acceptors (Lipinski definition) is 4. The van der Waals surface area contributed by atoms with E-state index in [0.717, 1.165) is 22.2 Å². The molecule has 0 aliphatic heterocycles. The second kappa shape index (κ2) is 11.4. The van der Waals surface area contributed by atoms with E-state index in [1.807, 2.05) is 57.2 Å². The summed E-state index contributed by atoms with van der Waals surface area (Å²) in [6.07, 6.45) is 0.589. The summed E-state index contributed by atoms with van der Waals surface area (Å²) in [5.74, 6) is 1.47. The quantitative estimate of drug-likeness (QED) is 0.281. The van der Waals surface area contributed by atoms with E-state index in [-0.39, 0.29) is 17.6 Å². The molecule has 0 radical (unpaired) electrons. The molecule has 6 nitrogen and oxygen atoms in total. The van der Waals surface area contributed by atoms with Crippen LogP contribution in [0.5, 0.6) is 0 Å². The molecule has 7 heteroatoms. The maximum absolute atomic E-state index is 13.0. The Morgan fingerprint density at radius 1 is 0.889 bits per heavy atom. The van der Waals surface area contributed by atoms with E-state index >= 15 is 0 Å². The van der Waals surface area contributed by atoms with Crippen LogP contribution in [0.3, 0.4) is 0 Å². The number of carbonyl (C=O) groups excluding carboxylic acids is 1. The van der Waals surface area contributed by atoms with Crippen LogP contribution in [0.25, 0.3) is 5.69 Å². The Kier molecular flexibility index (Phi) is 8.10. The second-order valence-electron chi connectivity index (χ2n) is 9.88. The van der Waals surface area contributed by atoms with Crippen molar-refractivity contribution in [3.8, 4) is 5.69 Å². The van der Waals surface area contributed by atoms with Gasteiger partial charge in [0.1, 0.15) is 0 Å². The molecule has 4 aromatic rings. The van der Waals surface area contributed by atoms with Gasteiger partial charge in [0, 0.05) is 23.4 Å². The highest BCUT2D eigenvalue weighted by Gasteiger charge is 2.26. The third-order valence-electron chi connectivity index (χ3n) is 5.55. The van der Waals surface area contributed by atoms with Crippen molar-refractivity contribution in [3.63, 3.8) is 0 Å². The molecule has 1 unspecified atom stereocenters. The maximum atomic E-state index is 13.0. The summed E-state index contributed by atoms with van der Waals surface area (Å²) in [5, 5.41) is 16.2. The summed E-state index contributed by atoms with van der Waals surface area (Å²) in [4.78, 5) is 13.0. The summed E-state index contributed by atoms with van der Waals surface area (Å²) >= 11 is 1.63. The Morgan fingerprint density at radius 3 is 2.11 bits per heavy atom. The summed E-state index contributed by atoms with van der Waals surface area (Å²) in [6, 6.07) is 28.1. The highest BCUT2D eigenvalue weighted by Crippen LogP contribution is 2.29. The fourth-order valence-electron chi connectivity index (χ4n) is 3.85. The van der Waals surface area contributed by atoms with E-state index in [0.29, 0.717) is 12.2 Å². The lowest BCUT2D eigenvalue weighted by Crippen LogP contribution is -2.48. The first-order valence-electron chi connectivity index (χ1n) is 12.1. The Balaban J connectivity index is 1.72. The highest BCUT2D eigenvalue weighted by atomic mass is 32.2. The van der Waals surface area contributed by atoms with Gasteiger partial charge in [0.05, 0.1) is 6.04 Å². The van der Waals surface area contributed by atoms with Crippen LogP contribution >= 0.6 is 11.8 Å². The minimum absolute atomic E-state index is 0.236. The molecule has 0 aliphatic rings. The molecule has 0 saturated carbocycles. The van der Waals surface area contributed by atoms with E-state index in [1.165, 1.54) is 11.1 Å². The van der Waals surface area contributed by atoms with Gasteiger partial charge in [0.15, 0.2) is 11.0 Å². The third kappa shape index (κ3) is 6.98. The number of amides is 2. The highest BCUT2D eigenvalue weighted by molar-refractivity contribution is 7.98. The van der Waals surface area contributed by atoms with Gasteiger partial charge < -0.3 is 10.6 Å². The van der Waals surface area contributed by atoms with E-state index in [4.69, 9.17) is 0 Å². The fourth-order valence-corrected chi connectivity index (χ4v) is 4.77. The molecule has 0 bridgehead atoms. The van der Waals surface area contributed by atoms with Crippen LogP contribution in [-0.4, -0.2) is 26.3 Å². The van der Waals surface area contributed by atoms with Crippen LogP contribution in [0.1, 0.15) is 49.3 Å². The first-order valence-corrected chi connectivity index (χ1v) is 13.1. The summed E-state index contributed by atoms with van der Waals surface area (Å²) < 4.78 is 2.07. The molecule has 3 aromatic carbocycles. The summed E-state index contributed by atoms with van der Waals surface area (Å²) in [6.45, 7) is 7.96. The van der Waals surface area contributed by atoms with Crippen LogP contribution in [0, 0.1) is 6.92 Å². The van der Waals surface area contributed by atoms with Gasteiger partial charge >= 0.3 is 6.03 Å². The third-order valence-corrected chi connectivity index (χ3v) is 6.55. The first kappa shape index (κ1) is 25.5. The number of benzene rings is 3. The van der Waals surface area contributed by atoms with Gasteiger partial charge in [-0.15, -0.1) is 10.2 Å². The number of nitrogens with one attached hydrogen (secondary N) is 2.